The average Bonchev–Trinajstić information content (AvgIpc) is 1.71. The summed E-state index contributed by atoms with van der Waals surface area (Å²) >= 11 is 11.0. The molecule has 4 N–H and O–H groups in total. The highest BCUT2D eigenvalue weighted by molar-refractivity contribution is 6.63. The van der Waals surface area contributed by atoms with Crippen molar-refractivity contribution >= 4 is 116 Å². The van der Waals surface area contributed by atoms with Crippen LogP contribution in [0.25, 0.3) is 46.1 Å². The van der Waals surface area contributed by atoms with Gasteiger partial charge >= 0.3 is 18.2 Å². The number of hydrogen-bond acceptors (Lipinski definition) is 14. The average molecular weight is 2120 g/mol. The monoisotopic (exact) mass is 2120 g/mol. The second-order valence-corrected chi connectivity index (χ2v) is 44.6. The molecular formula is C125H204Cl2N12O11. The number of para-hydroxylation sites is 2. The normalized spacial score (nSPS) is 13.7. The Morgan fingerprint density at radius 3 is 0.900 bits per heavy atom. The molecule has 4 fully saturated rings. The third kappa shape index (κ3) is 64.2. The number of carbonyl (C=O) groups excluding carboxylic acids is 7. The first kappa shape index (κ1) is 133. The number of hydrogen-bond donors (Lipinski definition) is 4. The van der Waals surface area contributed by atoms with Crippen LogP contribution in [0.2, 0.25) is 0 Å². The first-order chi connectivity index (χ1) is 72.4. The van der Waals surface area contributed by atoms with E-state index in [2.05, 4.69) is 53.4 Å². The second kappa shape index (κ2) is 83.4. The fourth-order valence-corrected chi connectivity index (χ4v) is 18.7. The van der Waals surface area contributed by atoms with Crippen LogP contribution in [-0.4, -0.2) is 224 Å². The van der Waals surface area contributed by atoms with E-state index in [-0.39, 0.29) is 46.3 Å². The molecule has 6 amide bonds. The molecule has 4 saturated heterocycles. The number of piperidine rings is 1. The number of ether oxygens (including phenoxy) is 2. The number of aromatic carboxylic acids is 1. The van der Waals surface area contributed by atoms with Gasteiger partial charge in [0.15, 0.2) is 0 Å². The van der Waals surface area contributed by atoms with Crippen LogP contribution in [0.15, 0.2) is 108 Å². The van der Waals surface area contributed by atoms with Crippen molar-refractivity contribution in [1.29, 1.82) is 0 Å². The summed E-state index contributed by atoms with van der Waals surface area (Å²) in [5.41, 5.74) is 6.99. The van der Waals surface area contributed by atoms with Crippen LogP contribution in [0.3, 0.4) is 0 Å². The minimum Gasteiger partial charge on any atom is -0.478 e. The van der Waals surface area contributed by atoms with Gasteiger partial charge in [-0.1, -0.05) is 395 Å². The lowest BCUT2D eigenvalue weighted by atomic mass is 10.0. The number of aromatic amines is 2. The minimum atomic E-state index is -0.918. The Balaban J connectivity index is 0.000000382. The van der Waals surface area contributed by atoms with E-state index in [0.29, 0.717) is 83.1 Å². The summed E-state index contributed by atoms with van der Waals surface area (Å²) < 4.78 is 10.7. The van der Waals surface area contributed by atoms with Crippen LogP contribution < -0.4 is 5.32 Å². The summed E-state index contributed by atoms with van der Waals surface area (Å²) in [6.45, 7) is 34.6. The molecule has 4 aliphatic heterocycles. The van der Waals surface area contributed by atoms with E-state index in [9.17, 15) is 38.4 Å². The van der Waals surface area contributed by atoms with Crippen LogP contribution in [0.1, 0.15) is 479 Å². The highest BCUT2D eigenvalue weighted by Crippen LogP contribution is 2.26. The quantitative estimate of drug-likeness (QED) is 0.0157. The number of carboxylic acid groups (broad SMARTS) is 1. The first-order valence-corrected chi connectivity index (χ1v) is 59.8. The Morgan fingerprint density at radius 2 is 0.613 bits per heavy atom. The SMILES string of the molecule is CC(C)(C)OC(=O)N1CCCCC1.CC(C)=C(Cl)N(C)C.CCCCCCCCCCCCCCC(=O)Cl.CCCCCCCCCCCCCCC(=O)N1CCN(C(=O)OC(C)(C)C)CC1.CCCCCCCCCCCCCCC(=O)N1CCN(C(=O)c2ccc(/C=C/c3n[nH]c4ccccc34)cc2)CC1.CCCCCCCCCCCCCCC(=O)N1CCNCC1.O=C(O)c1ccc(/C=C/c2n[nH]c3ccccc23)cc1. The minimum absolute atomic E-state index is 0.0342. The molecule has 25 heteroatoms. The zero-order chi connectivity index (χ0) is 109. The summed E-state index contributed by atoms with van der Waals surface area (Å²) in [6.07, 6.45) is 76.9. The van der Waals surface area contributed by atoms with Crippen LogP contribution in [0, 0.1) is 0 Å². The van der Waals surface area contributed by atoms with Crippen molar-refractivity contribution in [3.8, 4) is 0 Å². The molecule has 4 aromatic carbocycles. The molecule has 0 radical (unpaired) electrons. The Morgan fingerprint density at radius 1 is 0.340 bits per heavy atom. The summed E-state index contributed by atoms with van der Waals surface area (Å²) in [6, 6.07) is 30.4. The third-order valence-corrected chi connectivity index (χ3v) is 28.5. The topological polar surface area (TPSA) is 267 Å². The molecule has 0 unspecified atom stereocenters. The molecule has 2 aromatic heterocycles. The molecule has 0 aliphatic carbocycles. The van der Waals surface area contributed by atoms with Gasteiger partial charge in [0.2, 0.25) is 23.0 Å². The number of halogens is 2. The number of benzene rings is 4. The lowest BCUT2D eigenvalue weighted by Crippen LogP contribution is -2.51. The molecule has 150 heavy (non-hydrogen) atoms. The van der Waals surface area contributed by atoms with Gasteiger partial charge in [0.1, 0.15) is 16.4 Å². The third-order valence-electron chi connectivity index (χ3n) is 27.6. The number of carboxylic acids is 1. The molecule has 0 saturated carbocycles. The number of allylic oxidation sites excluding steroid dienone is 1. The standard InChI is InChI=1S/C35H48N4O2.C24H46N2O3.C19H38N2O.C16H12N2O2.C15H29ClO.C10H19NO2.C6H12ClN/c1-2-3-4-5-6-7-8-9-10-11-12-13-18-34(40)38-25-27-39(28-26-38)35(41)30-22-19-29(20-23-30)21-24-33-31-16-14-15-17-32(31)36-37-33;1-5-6-7-8-9-10-11-12-13-14-15-16-17-22(27)25-18-20-26(21-19-25)23(28)29-24(2,3)4;1-2-3-4-5-6-7-8-9-10-11-12-13-14-19(22)21-17-15-20-16-18-21;19-16(20)12-8-5-11(6-9-12)7-10-15-13-3-1-2-4-14(13)17-18-15;1-2-3-4-5-6-7-8-9-10-11-12-13-14-15(16)17;1-10(2,3)13-9(12)11-7-5-4-6-8-11;1-5(2)6(7)8(3)4/h14-17,19-24H,2-13,18,25-28H2,1H3,(H,36,37);5-21H2,1-4H3;20H,2-18H2,1H3;1-10H,(H,17,18)(H,19,20);2-14H2,1H3;4-8H2,1-3H3;1-4H3/b24-21+;;;10-7+;;;. The number of unbranched alkanes of at least 4 members (excludes halogenated alkanes) is 44. The van der Waals surface area contributed by atoms with Crippen molar-refractivity contribution in [2.75, 3.05) is 106 Å². The number of amides is 6. The molecule has 6 heterocycles. The van der Waals surface area contributed by atoms with Gasteiger partial charge in [-0.25, -0.2) is 14.4 Å². The molecule has 844 valence electrons. The van der Waals surface area contributed by atoms with E-state index in [1.54, 1.807) is 34.1 Å². The number of nitrogens with one attached hydrogen (secondary N) is 3. The Kier molecular flexibility index (Phi) is 74.1. The molecule has 23 nitrogen and oxygen atoms in total. The van der Waals surface area contributed by atoms with Crippen LogP contribution in [0.5, 0.6) is 0 Å². The number of piperazine rings is 3. The molecular weight excluding hydrogens is 1920 g/mol. The van der Waals surface area contributed by atoms with Gasteiger partial charge in [0.05, 0.1) is 28.0 Å². The number of nitrogens with zero attached hydrogens (tertiary/aromatic N) is 9. The number of carbonyl (C=O) groups is 8. The van der Waals surface area contributed by atoms with Crippen molar-refractivity contribution in [1.82, 2.24) is 60.0 Å². The zero-order valence-electron chi connectivity index (χ0n) is 96.1. The Labute approximate surface area is 918 Å². The van der Waals surface area contributed by atoms with Gasteiger partial charge < -0.3 is 54.2 Å². The first-order valence-electron chi connectivity index (χ1n) is 59.0. The summed E-state index contributed by atoms with van der Waals surface area (Å²) in [5.74, 6) is -0.0368. The predicted octanol–water partition coefficient (Wildman–Crippen LogP) is 32.5. The second-order valence-electron chi connectivity index (χ2n) is 43.8. The van der Waals surface area contributed by atoms with Crippen molar-refractivity contribution < 1.29 is 52.9 Å². The van der Waals surface area contributed by atoms with Crippen molar-refractivity contribution in [2.45, 2.75) is 447 Å². The number of likely N-dealkylation sites (tertiary alicyclic amines) is 1. The highest BCUT2D eigenvalue weighted by atomic mass is 35.5. The van der Waals surface area contributed by atoms with Crippen molar-refractivity contribution in [2.24, 2.45) is 0 Å². The van der Waals surface area contributed by atoms with Crippen molar-refractivity contribution in [3.05, 3.63) is 141 Å². The molecule has 0 atom stereocenters. The predicted molar refractivity (Wildman–Crippen MR) is 629 cm³/mol. The fraction of sp³-hybridized carbons (Fsp3) is 0.680. The molecule has 4 aliphatic rings. The number of aromatic nitrogens is 4. The summed E-state index contributed by atoms with van der Waals surface area (Å²) in [7, 11) is 3.85. The van der Waals surface area contributed by atoms with Crippen LogP contribution in [0.4, 0.5) is 9.59 Å². The van der Waals surface area contributed by atoms with Crippen LogP contribution in [-0.2, 0) is 28.7 Å². The maximum Gasteiger partial charge on any atom is 0.410 e. The number of H-pyrrole nitrogens is 2. The van der Waals surface area contributed by atoms with E-state index in [1.807, 2.05) is 191 Å². The summed E-state index contributed by atoms with van der Waals surface area (Å²) in [5, 5.41) is 29.6. The molecule has 10 rings (SSSR count). The van der Waals surface area contributed by atoms with Gasteiger partial charge in [-0.15, -0.1) is 0 Å². The fourth-order valence-electron chi connectivity index (χ4n) is 18.5. The summed E-state index contributed by atoms with van der Waals surface area (Å²) in [4.78, 5) is 108. The maximum atomic E-state index is 13.1. The zero-order valence-corrected chi connectivity index (χ0v) is 97.7. The van der Waals surface area contributed by atoms with Gasteiger partial charge in [-0.2, -0.15) is 10.2 Å². The smallest absolute Gasteiger partial charge is 0.410 e. The molecule has 0 bridgehead atoms. The Bertz CT molecular complexity index is 4640. The largest absolute Gasteiger partial charge is 0.478 e. The highest BCUT2D eigenvalue weighted by Gasteiger charge is 2.30. The van der Waals surface area contributed by atoms with E-state index >= 15 is 0 Å². The van der Waals surface area contributed by atoms with E-state index < -0.39 is 11.6 Å². The van der Waals surface area contributed by atoms with Gasteiger partial charge in [0, 0.05) is 148 Å². The number of fused-ring (bicyclic) bond motifs is 2. The van der Waals surface area contributed by atoms with Crippen molar-refractivity contribution in [3.63, 3.8) is 0 Å². The molecule has 0 spiro atoms. The van der Waals surface area contributed by atoms with E-state index in [0.717, 1.165) is 159 Å². The van der Waals surface area contributed by atoms with Gasteiger partial charge in [0.25, 0.3) is 5.91 Å². The number of rotatable bonds is 59. The van der Waals surface area contributed by atoms with Crippen LogP contribution >= 0.6 is 23.2 Å². The lowest BCUT2D eigenvalue weighted by molar-refractivity contribution is -0.133. The lowest BCUT2D eigenvalue weighted by Gasteiger charge is -2.35. The molecule has 6 aromatic rings. The Hall–Kier alpha value is -9.06. The maximum absolute atomic E-state index is 13.1. The van der Waals surface area contributed by atoms with Gasteiger partial charge in [-0.3, -0.25) is 34.2 Å². The van der Waals surface area contributed by atoms with Gasteiger partial charge in [-0.05, 0) is 177 Å². The van der Waals surface area contributed by atoms with E-state index in [4.69, 9.17) is 37.8 Å². The van der Waals surface area contributed by atoms with E-state index in [1.165, 1.54) is 270 Å².